The van der Waals surface area contributed by atoms with Gasteiger partial charge in [-0.15, -0.1) is 0 Å². The first-order valence-corrected chi connectivity index (χ1v) is 3.72. The van der Waals surface area contributed by atoms with Crippen LogP contribution in [0.25, 0.3) is 0 Å². The summed E-state index contributed by atoms with van der Waals surface area (Å²) in [6.07, 6.45) is 0.685. The van der Waals surface area contributed by atoms with Crippen molar-refractivity contribution < 1.29 is 9.53 Å². The second-order valence-corrected chi connectivity index (χ2v) is 2.92. The molecule has 2 fully saturated rings. The van der Waals surface area contributed by atoms with E-state index in [-0.39, 0.29) is 5.92 Å². The monoisotopic (exact) mass is 141 g/mol. The van der Waals surface area contributed by atoms with E-state index in [2.05, 4.69) is 5.32 Å². The van der Waals surface area contributed by atoms with Gasteiger partial charge in [-0.1, -0.05) is 0 Å². The summed E-state index contributed by atoms with van der Waals surface area (Å²) < 4.78 is 5.18. The van der Waals surface area contributed by atoms with E-state index in [4.69, 9.17) is 4.74 Å². The molecule has 2 rings (SSSR count). The number of ketones is 1. The number of piperidine rings is 1. The molecule has 2 heterocycles. The number of nitrogens with one attached hydrogen (secondary N) is 1. The summed E-state index contributed by atoms with van der Waals surface area (Å²) in [5, 5.41) is 3.27. The SMILES string of the molecule is O=C1CCNC2COCC12. The van der Waals surface area contributed by atoms with Crippen LogP contribution in [0.3, 0.4) is 0 Å². The van der Waals surface area contributed by atoms with Crippen LogP contribution in [0.2, 0.25) is 0 Å². The molecule has 0 saturated carbocycles. The summed E-state index contributed by atoms with van der Waals surface area (Å²) >= 11 is 0. The van der Waals surface area contributed by atoms with Crippen LogP contribution in [-0.2, 0) is 9.53 Å². The minimum Gasteiger partial charge on any atom is -0.379 e. The lowest BCUT2D eigenvalue weighted by atomic mass is 9.93. The Kier molecular flexibility index (Phi) is 1.47. The molecular formula is C7H11NO2. The van der Waals surface area contributed by atoms with E-state index in [9.17, 15) is 4.79 Å². The van der Waals surface area contributed by atoms with Crippen molar-refractivity contribution in [2.24, 2.45) is 5.92 Å². The molecule has 2 atom stereocenters. The van der Waals surface area contributed by atoms with Crippen molar-refractivity contribution >= 4 is 5.78 Å². The molecule has 0 radical (unpaired) electrons. The van der Waals surface area contributed by atoms with Crippen molar-refractivity contribution in [3.63, 3.8) is 0 Å². The predicted molar refractivity (Wildman–Crippen MR) is 35.7 cm³/mol. The molecule has 0 aromatic heterocycles. The average Bonchev–Trinajstić information content (AvgIpc) is 2.36. The summed E-state index contributed by atoms with van der Waals surface area (Å²) in [5.74, 6) is 0.537. The van der Waals surface area contributed by atoms with Crippen molar-refractivity contribution in [1.82, 2.24) is 5.32 Å². The number of hydrogen-bond donors (Lipinski definition) is 1. The molecule has 2 aliphatic rings. The van der Waals surface area contributed by atoms with Crippen LogP contribution < -0.4 is 5.32 Å². The lowest BCUT2D eigenvalue weighted by molar-refractivity contribution is -0.124. The van der Waals surface area contributed by atoms with E-state index in [1.54, 1.807) is 0 Å². The highest BCUT2D eigenvalue weighted by Crippen LogP contribution is 2.19. The highest BCUT2D eigenvalue weighted by atomic mass is 16.5. The standard InChI is InChI=1S/C7H11NO2/c9-7-1-2-8-6-4-10-3-5(6)7/h5-6,8H,1-4H2. The quantitative estimate of drug-likeness (QED) is 0.497. The summed E-state index contributed by atoms with van der Waals surface area (Å²) in [6, 6.07) is 0.321. The number of Topliss-reactive ketones (excluding diaryl/α,β-unsaturated/α-hetero) is 1. The van der Waals surface area contributed by atoms with Crippen LogP contribution in [0.15, 0.2) is 0 Å². The molecule has 0 spiro atoms. The third-order valence-corrected chi connectivity index (χ3v) is 2.27. The van der Waals surface area contributed by atoms with Gasteiger partial charge in [0.15, 0.2) is 0 Å². The van der Waals surface area contributed by atoms with Gasteiger partial charge in [0, 0.05) is 19.0 Å². The number of hydrogen-bond acceptors (Lipinski definition) is 3. The molecule has 3 nitrogen and oxygen atoms in total. The van der Waals surface area contributed by atoms with Crippen LogP contribution in [0.4, 0.5) is 0 Å². The number of carbonyl (C=O) groups is 1. The minimum atomic E-state index is 0.161. The number of carbonyl (C=O) groups excluding carboxylic acids is 1. The summed E-state index contributed by atoms with van der Waals surface area (Å²) in [6.45, 7) is 2.19. The van der Waals surface area contributed by atoms with Crippen molar-refractivity contribution in [2.75, 3.05) is 19.8 Å². The topological polar surface area (TPSA) is 38.3 Å². The molecule has 2 aliphatic heterocycles. The maximum atomic E-state index is 11.2. The van der Waals surface area contributed by atoms with Gasteiger partial charge in [0.25, 0.3) is 0 Å². The largest absolute Gasteiger partial charge is 0.379 e. The summed E-state index contributed by atoms with van der Waals surface area (Å²) in [5.41, 5.74) is 0. The number of ether oxygens (including phenoxy) is 1. The minimum absolute atomic E-state index is 0.161. The molecule has 0 aromatic carbocycles. The molecule has 0 bridgehead atoms. The highest BCUT2D eigenvalue weighted by molar-refractivity contribution is 5.83. The Morgan fingerprint density at radius 2 is 2.40 bits per heavy atom. The Labute approximate surface area is 59.7 Å². The van der Waals surface area contributed by atoms with Gasteiger partial charge in [0.2, 0.25) is 0 Å². The lowest BCUT2D eigenvalue weighted by Gasteiger charge is -2.22. The van der Waals surface area contributed by atoms with Gasteiger partial charge in [-0.2, -0.15) is 0 Å². The fraction of sp³-hybridized carbons (Fsp3) is 0.857. The van der Waals surface area contributed by atoms with Crippen LogP contribution in [0.1, 0.15) is 6.42 Å². The molecule has 2 unspecified atom stereocenters. The Bertz CT molecular complexity index is 158. The van der Waals surface area contributed by atoms with Crippen molar-refractivity contribution in [1.29, 1.82) is 0 Å². The zero-order valence-electron chi connectivity index (χ0n) is 5.80. The molecular weight excluding hydrogens is 130 g/mol. The van der Waals surface area contributed by atoms with E-state index in [1.807, 2.05) is 0 Å². The fourth-order valence-electron chi connectivity index (χ4n) is 1.64. The second-order valence-electron chi connectivity index (χ2n) is 2.92. The molecule has 2 saturated heterocycles. The first-order valence-electron chi connectivity index (χ1n) is 3.72. The van der Waals surface area contributed by atoms with Crippen LogP contribution >= 0.6 is 0 Å². The zero-order chi connectivity index (χ0) is 6.97. The number of fused-ring (bicyclic) bond motifs is 1. The molecule has 10 heavy (non-hydrogen) atoms. The Hall–Kier alpha value is -0.410. The fourth-order valence-corrected chi connectivity index (χ4v) is 1.64. The maximum absolute atomic E-state index is 11.2. The molecule has 0 amide bonds. The van der Waals surface area contributed by atoms with E-state index in [1.165, 1.54) is 0 Å². The molecule has 0 aromatic rings. The Morgan fingerprint density at radius 1 is 1.50 bits per heavy atom. The zero-order valence-corrected chi connectivity index (χ0v) is 5.80. The molecule has 56 valence electrons. The third kappa shape index (κ3) is 0.859. The number of rotatable bonds is 0. The first-order chi connectivity index (χ1) is 4.88. The average molecular weight is 141 g/mol. The van der Waals surface area contributed by atoms with Crippen molar-refractivity contribution in [3.8, 4) is 0 Å². The van der Waals surface area contributed by atoms with E-state index in [0.717, 1.165) is 13.2 Å². The Balaban J connectivity index is 2.10. The highest BCUT2D eigenvalue weighted by Gasteiger charge is 2.35. The van der Waals surface area contributed by atoms with Crippen LogP contribution in [-0.4, -0.2) is 31.6 Å². The Morgan fingerprint density at radius 3 is 3.20 bits per heavy atom. The summed E-state index contributed by atoms with van der Waals surface area (Å²) in [4.78, 5) is 11.2. The third-order valence-electron chi connectivity index (χ3n) is 2.27. The molecule has 1 N–H and O–H groups in total. The summed E-state index contributed by atoms with van der Waals surface area (Å²) in [7, 11) is 0. The van der Waals surface area contributed by atoms with Gasteiger partial charge in [-0.25, -0.2) is 0 Å². The van der Waals surface area contributed by atoms with Gasteiger partial charge in [-0.05, 0) is 0 Å². The smallest absolute Gasteiger partial charge is 0.141 e. The normalized spacial score (nSPS) is 39.8. The van der Waals surface area contributed by atoms with E-state index < -0.39 is 0 Å². The second kappa shape index (κ2) is 2.32. The molecule has 3 heteroatoms. The first kappa shape index (κ1) is 6.31. The van der Waals surface area contributed by atoms with Gasteiger partial charge in [0.05, 0.1) is 19.1 Å². The molecule has 0 aliphatic carbocycles. The predicted octanol–water partition coefficient (Wildman–Crippen LogP) is -0.436. The van der Waals surface area contributed by atoms with Gasteiger partial charge < -0.3 is 10.1 Å². The van der Waals surface area contributed by atoms with Gasteiger partial charge in [0.1, 0.15) is 5.78 Å². The van der Waals surface area contributed by atoms with Gasteiger partial charge in [-0.3, -0.25) is 4.79 Å². The van der Waals surface area contributed by atoms with E-state index >= 15 is 0 Å². The lowest BCUT2D eigenvalue weighted by Crippen LogP contribution is -2.45. The maximum Gasteiger partial charge on any atom is 0.141 e. The van der Waals surface area contributed by atoms with E-state index in [0.29, 0.717) is 24.9 Å². The van der Waals surface area contributed by atoms with Crippen LogP contribution in [0, 0.1) is 5.92 Å². The van der Waals surface area contributed by atoms with Gasteiger partial charge >= 0.3 is 0 Å². The van der Waals surface area contributed by atoms with Crippen molar-refractivity contribution in [3.05, 3.63) is 0 Å². The van der Waals surface area contributed by atoms with Crippen LogP contribution in [0.5, 0.6) is 0 Å². The van der Waals surface area contributed by atoms with Crippen molar-refractivity contribution in [2.45, 2.75) is 12.5 Å².